The number of amides is 2. The van der Waals surface area contributed by atoms with Gasteiger partial charge in [0.2, 0.25) is 11.8 Å². The quantitative estimate of drug-likeness (QED) is 0.497. The first kappa shape index (κ1) is 19.8. The second-order valence-electron chi connectivity index (χ2n) is 6.26. The maximum Gasteiger partial charge on any atom is 0.230 e. The normalized spacial score (nSPS) is 12.9. The van der Waals surface area contributed by atoms with Gasteiger partial charge in [-0.15, -0.1) is 11.8 Å². The van der Waals surface area contributed by atoms with Gasteiger partial charge in [0.25, 0.3) is 0 Å². The molecule has 0 aromatic heterocycles. The molecule has 1 aliphatic heterocycles. The Morgan fingerprint density at radius 1 is 1.26 bits per heavy atom. The van der Waals surface area contributed by atoms with E-state index in [1.54, 1.807) is 0 Å². The second kappa shape index (κ2) is 9.28. The molecule has 0 bridgehead atoms. The molecule has 0 radical (unpaired) electrons. The summed E-state index contributed by atoms with van der Waals surface area (Å²) in [4.78, 5) is 24.5. The maximum absolute atomic E-state index is 12.0. The number of rotatable bonds is 7. The number of thioether (sulfide) groups is 1. The highest BCUT2D eigenvalue weighted by Gasteiger charge is 2.15. The molecule has 2 aromatic rings. The van der Waals surface area contributed by atoms with Crippen molar-refractivity contribution in [2.75, 3.05) is 24.2 Å². The summed E-state index contributed by atoms with van der Waals surface area (Å²) in [5.74, 6) is 1.16. The molecule has 1 aliphatic rings. The van der Waals surface area contributed by atoms with E-state index in [0.29, 0.717) is 25.3 Å². The molecule has 5 nitrogen and oxygen atoms in total. The van der Waals surface area contributed by atoms with Crippen molar-refractivity contribution < 1.29 is 14.3 Å². The van der Waals surface area contributed by atoms with E-state index in [0.717, 1.165) is 38.4 Å². The summed E-state index contributed by atoms with van der Waals surface area (Å²) in [5.41, 5.74) is 3.08. The Kier molecular flexibility index (Phi) is 6.79. The molecule has 142 valence electrons. The third kappa shape index (κ3) is 5.74. The van der Waals surface area contributed by atoms with E-state index < -0.39 is 0 Å². The Hall–Kier alpha value is -1.99. The minimum absolute atomic E-state index is 0.0147. The van der Waals surface area contributed by atoms with Crippen molar-refractivity contribution in [3.05, 3.63) is 52.0 Å². The van der Waals surface area contributed by atoms with Crippen LogP contribution in [0.1, 0.15) is 17.5 Å². The first-order chi connectivity index (χ1) is 13.0. The van der Waals surface area contributed by atoms with Crippen molar-refractivity contribution in [2.45, 2.75) is 24.7 Å². The van der Waals surface area contributed by atoms with Crippen molar-refractivity contribution in [1.29, 1.82) is 0 Å². The zero-order chi connectivity index (χ0) is 19.2. The molecule has 0 saturated heterocycles. The molecule has 0 fully saturated rings. The van der Waals surface area contributed by atoms with E-state index in [1.807, 2.05) is 43.3 Å². The van der Waals surface area contributed by atoms with Crippen molar-refractivity contribution in [3.8, 4) is 5.75 Å². The van der Waals surface area contributed by atoms with Crippen LogP contribution >= 0.6 is 27.7 Å². The fourth-order valence-electron chi connectivity index (χ4n) is 2.78. The SMILES string of the molecule is Cc1cc(Br)ccc1SCC(=O)NCCOc1ccc2c(c1)CCC(=O)N2. The molecule has 3 rings (SSSR count). The molecule has 2 N–H and O–H groups in total. The van der Waals surface area contributed by atoms with Gasteiger partial charge in [0.15, 0.2) is 0 Å². The van der Waals surface area contributed by atoms with E-state index in [1.165, 1.54) is 11.8 Å². The van der Waals surface area contributed by atoms with Crippen LogP contribution in [-0.2, 0) is 16.0 Å². The maximum atomic E-state index is 12.0. The van der Waals surface area contributed by atoms with Gasteiger partial charge in [-0.25, -0.2) is 0 Å². The van der Waals surface area contributed by atoms with Crippen LogP contribution in [0.4, 0.5) is 5.69 Å². The van der Waals surface area contributed by atoms with E-state index in [9.17, 15) is 9.59 Å². The fraction of sp³-hybridized carbons (Fsp3) is 0.300. The first-order valence-electron chi connectivity index (χ1n) is 8.72. The Balaban J connectivity index is 1.38. The molecule has 27 heavy (non-hydrogen) atoms. The van der Waals surface area contributed by atoms with Crippen LogP contribution in [0, 0.1) is 6.92 Å². The minimum Gasteiger partial charge on any atom is -0.492 e. The number of carbonyl (C=O) groups is 2. The number of ether oxygens (including phenoxy) is 1. The summed E-state index contributed by atoms with van der Waals surface area (Å²) in [7, 11) is 0. The lowest BCUT2D eigenvalue weighted by Crippen LogP contribution is -2.29. The Morgan fingerprint density at radius 2 is 2.11 bits per heavy atom. The van der Waals surface area contributed by atoms with Crippen LogP contribution in [0.15, 0.2) is 45.8 Å². The van der Waals surface area contributed by atoms with Crippen LogP contribution in [0.2, 0.25) is 0 Å². The number of benzene rings is 2. The monoisotopic (exact) mass is 448 g/mol. The second-order valence-corrected chi connectivity index (χ2v) is 8.20. The summed E-state index contributed by atoms with van der Waals surface area (Å²) >= 11 is 4.97. The first-order valence-corrected chi connectivity index (χ1v) is 10.5. The predicted octanol–water partition coefficient (Wildman–Crippen LogP) is 3.93. The molecule has 0 unspecified atom stereocenters. The van der Waals surface area contributed by atoms with Gasteiger partial charge in [-0.05, 0) is 60.9 Å². The number of carbonyl (C=O) groups excluding carboxylic acids is 2. The predicted molar refractivity (Wildman–Crippen MR) is 112 cm³/mol. The standard InChI is InChI=1S/C20H21BrN2O3S/c1-13-10-15(21)3-6-18(13)27-12-20(25)22-8-9-26-16-4-5-17-14(11-16)2-7-19(24)23-17/h3-6,10-11H,2,7-9,12H2,1H3,(H,22,25)(H,23,24). The average molecular weight is 449 g/mol. The van der Waals surface area contributed by atoms with E-state index in [4.69, 9.17) is 4.74 Å². The Bertz CT molecular complexity index is 857. The number of hydrogen-bond donors (Lipinski definition) is 2. The summed E-state index contributed by atoms with van der Waals surface area (Å²) < 4.78 is 6.74. The van der Waals surface area contributed by atoms with Crippen LogP contribution in [0.3, 0.4) is 0 Å². The number of aryl methyl sites for hydroxylation is 2. The molecular formula is C20H21BrN2O3S. The van der Waals surface area contributed by atoms with Crippen molar-refractivity contribution in [1.82, 2.24) is 5.32 Å². The van der Waals surface area contributed by atoms with E-state index in [2.05, 4.69) is 26.6 Å². The topological polar surface area (TPSA) is 67.4 Å². The van der Waals surface area contributed by atoms with Crippen molar-refractivity contribution >= 4 is 45.2 Å². The average Bonchev–Trinajstić information content (AvgIpc) is 2.64. The molecule has 2 aromatic carbocycles. The third-order valence-corrected chi connectivity index (χ3v) is 5.83. The lowest BCUT2D eigenvalue weighted by molar-refractivity contribution is -0.118. The van der Waals surface area contributed by atoms with Crippen LogP contribution in [0.25, 0.3) is 0 Å². The van der Waals surface area contributed by atoms with E-state index >= 15 is 0 Å². The largest absolute Gasteiger partial charge is 0.492 e. The Labute approximate surface area is 171 Å². The number of hydrogen-bond acceptors (Lipinski definition) is 4. The van der Waals surface area contributed by atoms with Gasteiger partial charge in [-0.3, -0.25) is 9.59 Å². The summed E-state index contributed by atoms with van der Waals surface area (Å²) in [6, 6.07) is 11.7. The fourth-order valence-corrected chi connectivity index (χ4v) is 4.09. The number of halogens is 1. The van der Waals surface area contributed by atoms with Gasteiger partial charge in [-0.2, -0.15) is 0 Å². The van der Waals surface area contributed by atoms with Gasteiger partial charge in [0, 0.05) is 21.5 Å². The molecule has 1 heterocycles. The minimum atomic E-state index is -0.0147. The highest BCUT2D eigenvalue weighted by molar-refractivity contribution is 9.10. The molecule has 2 amide bonds. The van der Waals surface area contributed by atoms with E-state index in [-0.39, 0.29) is 11.8 Å². The third-order valence-electron chi connectivity index (χ3n) is 4.16. The zero-order valence-corrected chi connectivity index (χ0v) is 17.4. The molecular weight excluding hydrogens is 428 g/mol. The number of anilines is 1. The van der Waals surface area contributed by atoms with Crippen LogP contribution < -0.4 is 15.4 Å². The summed E-state index contributed by atoms with van der Waals surface area (Å²) in [6.45, 7) is 2.88. The van der Waals surface area contributed by atoms with Gasteiger partial charge >= 0.3 is 0 Å². The molecule has 7 heteroatoms. The van der Waals surface area contributed by atoms with Gasteiger partial charge in [0.05, 0.1) is 12.3 Å². The highest BCUT2D eigenvalue weighted by atomic mass is 79.9. The van der Waals surface area contributed by atoms with Crippen LogP contribution in [-0.4, -0.2) is 30.7 Å². The van der Waals surface area contributed by atoms with Crippen molar-refractivity contribution in [2.24, 2.45) is 0 Å². The van der Waals surface area contributed by atoms with Crippen molar-refractivity contribution in [3.63, 3.8) is 0 Å². The molecule has 0 atom stereocenters. The molecule has 0 spiro atoms. The lowest BCUT2D eigenvalue weighted by Gasteiger charge is -2.17. The van der Waals surface area contributed by atoms with Gasteiger partial charge in [-0.1, -0.05) is 15.9 Å². The number of fused-ring (bicyclic) bond motifs is 1. The molecule has 0 saturated carbocycles. The number of nitrogens with one attached hydrogen (secondary N) is 2. The summed E-state index contributed by atoms with van der Waals surface area (Å²) in [5, 5.41) is 5.72. The smallest absolute Gasteiger partial charge is 0.230 e. The zero-order valence-electron chi connectivity index (χ0n) is 15.0. The van der Waals surface area contributed by atoms with Crippen LogP contribution in [0.5, 0.6) is 5.75 Å². The highest BCUT2D eigenvalue weighted by Crippen LogP contribution is 2.27. The lowest BCUT2D eigenvalue weighted by atomic mass is 10.0. The summed E-state index contributed by atoms with van der Waals surface area (Å²) in [6.07, 6.45) is 1.23. The van der Waals surface area contributed by atoms with Gasteiger partial charge < -0.3 is 15.4 Å². The van der Waals surface area contributed by atoms with Gasteiger partial charge in [0.1, 0.15) is 12.4 Å². The Morgan fingerprint density at radius 3 is 2.93 bits per heavy atom. The molecule has 0 aliphatic carbocycles.